The van der Waals surface area contributed by atoms with Crippen LogP contribution in [0.2, 0.25) is 0 Å². The molecular formula is C11H13NO4S. The number of carbonyl (C=O) groups excluding carboxylic acids is 1. The van der Waals surface area contributed by atoms with E-state index in [1.807, 2.05) is 0 Å². The number of hydroxylamine groups is 2. The molecule has 1 amide bonds. The third-order valence-electron chi connectivity index (χ3n) is 1.76. The molecule has 0 saturated carbocycles. The van der Waals surface area contributed by atoms with E-state index in [2.05, 4.69) is 9.32 Å². The van der Waals surface area contributed by atoms with Gasteiger partial charge < -0.3 is 0 Å². The van der Waals surface area contributed by atoms with Gasteiger partial charge in [0.05, 0.1) is 4.90 Å². The number of likely N-dealkylation sites (N-methyl/N-ethyl adjacent to an activating group) is 1. The van der Waals surface area contributed by atoms with Gasteiger partial charge in [-0.15, -0.1) is 4.33 Å². The van der Waals surface area contributed by atoms with Gasteiger partial charge in [0, 0.05) is 13.1 Å². The highest BCUT2D eigenvalue weighted by Gasteiger charge is 2.10. The van der Waals surface area contributed by atoms with Crippen molar-refractivity contribution in [2.24, 2.45) is 0 Å². The topological polar surface area (TPSA) is 55.8 Å². The minimum absolute atomic E-state index is 0.405. The van der Waals surface area contributed by atoms with Crippen molar-refractivity contribution in [1.29, 1.82) is 0 Å². The SMILES string of the molecule is C/C=C/C(=O)N(C)OOS(=O)c1ccccc1. The number of benzene rings is 1. The lowest BCUT2D eigenvalue weighted by Crippen LogP contribution is -2.25. The van der Waals surface area contributed by atoms with Gasteiger partial charge >= 0.3 is 0 Å². The van der Waals surface area contributed by atoms with Gasteiger partial charge in [0.25, 0.3) is 5.91 Å². The molecule has 0 fully saturated rings. The van der Waals surface area contributed by atoms with E-state index in [0.717, 1.165) is 5.06 Å². The molecule has 1 rings (SSSR count). The van der Waals surface area contributed by atoms with Crippen molar-refractivity contribution >= 4 is 17.0 Å². The minimum atomic E-state index is -1.76. The number of nitrogens with zero attached hydrogens (tertiary/aromatic N) is 1. The second kappa shape index (κ2) is 6.95. The lowest BCUT2D eigenvalue weighted by atomic mass is 10.4. The number of allylic oxidation sites excluding steroid dienone is 1. The molecule has 0 bridgehead atoms. The summed E-state index contributed by atoms with van der Waals surface area (Å²) in [6, 6.07) is 8.51. The Kier molecular flexibility index (Phi) is 5.55. The summed E-state index contributed by atoms with van der Waals surface area (Å²) >= 11 is -1.76. The Balaban J connectivity index is 2.46. The van der Waals surface area contributed by atoms with Crippen molar-refractivity contribution in [3.05, 3.63) is 42.5 Å². The average Bonchev–Trinajstić information content (AvgIpc) is 2.36. The first-order valence-electron chi connectivity index (χ1n) is 4.87. The van der Waals surface area contributed by atoms with Crippen molar-refractivity contribution in [2.45, 2.75) is 11.8 Å². The smallest absolute Gasteiger partial charge is 0.267 e. The maximum absolute atomic E-state index is 11.5. The standard InChI is InChI=1S/C11H13NO4S/c1-3-7-11(13)12(2)15-16-17(14)10-8-5-4-6-9-10/h3-9H,1-2H3/b7-3+. The van der Waals surface area contributed by atoms with Gasteiger partial charge in [-0.05, 0) is 19.1 Å². The van der Waals surface area contributed by atoms with Gasteiger partial charge in [0.15, 0.2) is 0 Å². The highest BCUT2D eigenvalue weighted by Crippen LogP contribution is 2.07. The Hall–Kier alpha value is -1.50. The van der Waals surface area contributed by atoms with E-state index >= 15 is 0 Å². The zero-order valence-electron chi connectivity index (χ0n) is 9.53. The zero-order valence-corrected chi connectivity index (χ0v) is 10.3. The third-order valence-corrected chi connectivity index (χ3v) is 2.60. The van der Waals surface area contributed by atoms with Crippen LogP contribution in [0.4, 0.5) is 0 Å². The largest absolute Gasteiger partial charge is 0.271 e. The molecule has 0 saturated heterocycles. The van der Waals surface area contributed by atoms with Crippen LogP contribution >= 0.6 is 0 Å². The van der Waals surface area contributed by atoms with E-state index in [9.17, 15) is 9.00 Å². The molecule has 0 aliphatic carbocycles. The first-order valence-corrected chi connectivity index (χ1v) is 5.95. The van der Waals surface area contributed by atoms with E-state index in [4.69, 9.17) is 0 Å². The fourth-order valence-corrected chi connectivity index (χ4v) is 1.53. The first kappa shape index (κ1) is 13.6. The van der Waals surface area contributed by atoms with Gasteiger partial charge in [-0.25, -0.2) is 4.21 Å². The van der Waals surface area contributed by atoms with E-state index in [1.165, 1.54) is 13.1 Å². The van der Waals surface area contributed by atoms with Crippen molar-refractivity contribution in [3.8, 4) is 0 Å². The molecule has 0 aliphatic rings. The van der Waals surface area contributed by atoms with Gasteiger partial charge in [-0.3, -0.25) is 4.79 Å². The second-order valence-electron chi connectivity index (χ2n) is 3.03. The lowest BCUT2D eigenvalue weighted by molar-refractivity contribution is -0.335. The van der Waals surface area contributed by atoms with Crippen LogP contribution in [0, 0.1) is 0 Å². The number of rotatable bonds is 5. The summed E-state index contributed by atoms with van der Waals surface area (Å²) in [7, 11) is 1.37. The molecule has 0 N–H and O–H groups in total. The Morgan fingerprint density at radius 2 is 2.00 bits per heavy atom. The Morgan fingerprint density at radius 1 is 1.35 bits per heavy atom. The Morgan fingerprint density at radius 3 is 2.59 bits per heavy atom. The molecule has 1 aromatic carbocycles. The highest BCUT2D eigenvalue weighted by atomic mass is 32.2. The van der Waals surface area contributed by atoms with Gasteiger partial charge in [0.1, 0.15) is 0 Å². The Bertz CT molecular complexity index is 419. The summed E-state index contributed by atoms with van der Waals surface area (Å²) < 4.78 is 16.1. The van der Waals surface area contributed by atoms with Crippen LogP contribution in [0.5, 0.6) is 0 Å². The fraction of sp³-hybridized carbons (Fsp3) is 0.182. The molecule has 17 heavy (non-hydrogen) atoms. The molecule has 1 atom stereocenters. The first-order chi connectivity index (χ1) is 8.15. The van der Waals surface area contributed by atoms with Crippen LogP contribution < -0.4 is 0 Å². The van der Waals surface area contributed by atoms with Gasteiger partial charge in [-0.2, -0.15) is 5.06 Å². The average molecular weight is 255 g/mol. The van der Waals surface area contributed by atoms with Gasteiger partial charge in [-0.1, -0.05) is 29.3 Å². The van der Waals surface area contributed by atoms with E-state index < -0.39 is 17.0 Å². The highest BCUT2D eigenvalue weighted by molar-refractivity contribution is 7.80. The van der Waals surface area contributed by atoms with Crippen molar-refractivity contribution in [2.75, 3.05) is 7.05 Å². The van der Waals surface area contributed by atoms with Crippen LogP contribution in [0.25, 0.3) is 0 Å². The molecule has 0 heterocycles. The summed E-state index contributed by atoms with van der Waals surface area (Å²) in [4.78, 5) is 16.3. The molecule has 6 heteroatoms. The van der Waals surface area contributed by atoms with Crippen LogP contribution in [-0.4, -0.2) is 22.2 Å². The Labute approximate surface area is 102 Å². The molecule has 0 aliphatic heterocycles. The predicted octanol–water partition coefficient (Wildman–Crippen LogP) is 1.61. The normalized spacial score (nSPS) is 12.6. The van der Waals surface area contributed by atoms with E-state index in [-0.39, 0.29) is 0 Å². The molecule has 0 aromatic heterocycles. The number of hydrogen-bond donors (Lipinski definition) is 0. The zero-order chi connectivity index (χ0) is 12.7. The fourth-order valence-electron chi connectivity index (χ4n) is 0.928. The van der Waals surface area contributed by atoms with Crippen LogP contribution in [0.1, 0.15) is 6.92 Å². The molecule has 92 valence electrons. The molecule has 1 unspecified atom stereocenters. The maximum atomic E-state index is 11.5. The second-order valence-corrected chi connectivity index (χ2v) is 4.10. The predicted molar refractivity (Wildman–Crippen MR) is 62.6 cm³/mol. The number of amides is 1. The van der Waals surface area contributed by atoms with E-state index in [1.54, 1.807) is 43.3 Å². The minimum Gasteiger partial charge on any atom is -0.267 e. The van der Waals surface area contributed by atoms with Crippen molar-refractivity contribution in [1.82, 2.24) is 5.06 Å². The molecule has 5 nitrogen and oxygen atoms in total. The summed E-state index contributed by atoms with van der Waals surface area (Å²) in [5.41, 5.74) is 0. The summed E-state index contributed by atoms with van der Waals surface area (Å²) in [5, 5.41) is 0.848. The lowest BCUT2D eigenvalue weighted by Gasteiger charge is -2.11. The summed E-state index contributed by atoms with van der Waals surface area (Å²) in [6.45, 7) is 1.70. The molecule has 1 aromatic rings. The quantitative estimate of drug-likeness (QED) is 0.455. The van der Waals surface area contributed by atoms with Crippen molar-refractivity contribution < 1.29 is 18.3 Å². The van der Waals surface area contributed by atoms with Crippen LogP contribution in [0.3, 0.4) is 0 Å². The van der Waals surface area contributed by atoms with Crippen LogP contribution in [0.15, 0.2) is 47.4 Å². The maximum Gasteiger partial charge on any atom is 0.271 e. The van der Waals surface area contributed by atoms with Crippen molar-refractivity contribution in [3.63, 3.8) is 0 Å². The summed E-state index contributed by atoms with van der Waals surface area (Å²) in [6.07, 6.45) is 2.87. The van der Waals surface area contributed by atoms with Gasteiger partial charge in [0.2, 0.25) is 11.1 Å². The number of carbonyl (C=O) groups is 1. The number of hydrogen-bond acceptors (Lipinski definition) is 4. The van der Waals surface area contributed by atoms with Crippen LogP contribution in [-0.2, 0) is 25.2 Å². The third kappa shape index (κ3) is 4.48. The molecule has 0 spiro atoms. The molecular weight excluding hydrogens is 242 g/mol. The monoisotopic (exact) mass is 255 g/mol. The summed E-state index contributed by atoms with van der Waals surface area (Å²) in [5.74, 6) is -0.405. The van der Waals surface area contributed by atoms with E-state index in [0.29, 0.717) is 4.90 Å². The molecule has 0 radical (unpaired) electrons.